The molecule has 7 heteroatoms. The van der Waals surface area contributed by atoms with E-state index in [1.54, 1.807) is 6.08 Å². The predicted molar refractivity (Wildman–Crippen MR) is 118 cm³/mol. The van der Waals surface area contributed by atoms with Gasteiger partial charge in [-0.15, -0.1) is 0 Å². The maximum Gasteiger partial charge on any atom is 0.281 e. The second-order valence-corrected chi connectivity index (χ2v) is 6.51. The molecule has 6 nitrogen and oxygen atoms in total. The predicted octanol–water partition coefficient (Wildman–Crippen LogP) is 4.14. The van der Waals surface area contributed by atoms with Crippen molar-refractivity contribution in [1.29, 1.82) is 0 Å². The van der Waals surface area contributed by atoms with Crippen molar-refractivity contribution >= 4 is 35.0 Å². The molecule has 0 bridgehead atoms. The van der Waals surface area contributed by atoms with Gasteiger partial charge in [-0.05, 0) is 81.0 Å². The zero-order valence-corrected chi connectivity index (χ0v) is 17.5. The molecular formula is C22H24N2O4S. The van der Waals surface area contributed by atoms with Crippen LogP contribution >= 0.6 is 12.2 Å². The topological polar surface area (TPSA) is 60.0 Å². The molecule has 1 saturated heterocycles. The van der Waals surface area contributed by atoms with Crippen molar-refractivity contribution in [3.8, 4) is 17.2 Å². The summed E-state index contributed by atoms with van der Waals surface area (Å²) in [5, 5.41) is 3.33. The first-order valence-corrected chi connectivity index (χ1v) is 9.97. The molecular weight excluding hydrogens is 388 g/mol. The van der Waals surface area contributed by atoms with E-state index in [1.165, 1.54) is 4.90 Å². The Morgan fingerprint density at radius 3 is 2.24 bits per heavy atom. The fraction of sp³-hybridized carbons (Fsp3) is 0.273. The highest BCUT2D eigenvalue weighted by molar-refractivity contribution is 7.80. The van der Waals surface area contributed by atoms with Gasteiger partial charge in [0.25, 0.3) is 5.91 Å². The first kappa shape index (κ1) is 20.7. The highest BCUT2D eigenvalue weighted by Gasteiger charge is 2.32. The van der Waals surface area contributed by atoms with Crippen LogP contribution in [-0.2, 0) is 4.79 Å². The number of nitrogens with zero attached hydrogens (tertiary/aromatic N) is 1. The van der Waals surface area contributed by atoms with Crippen molar-refractivity contribution in [1.82, 2.24) is 5.32 Å². The van der Waals surface area contributed by atoms with Gasteiger partial charge in [0.2, 0.25) is 0 Å². The lowest BCUT2D eigenvalue weighted by molar-refractivity contribution is -0.113. The van der Waals surface area contributed by atoms with Gasteiger partial charge in [-0.2, -0.15) is 0 Å². The highest BCUT2D eigenvalue weighted by Crippen LogP contribution is 2.30. The number of amides is 1. The quantitative estimate of drug-likeness (QED) is 0.519. The van der Waals surface area contributed by atoms with E-state index in [9.17, 15) is 4.79 Å². The van der Waals surface area contributed by atoms with Crippen LogP contribution in [0.3, 0.4) is 0 Å². The van der Waals surface area contributed by atoms with Crippen LogP contribution in [0.15, 0.2) is 48.2 Å². The molecule has 0 saturated carbocycles. The molecule has 29 heavy (non-hydrogen) atoms. The summed E-state index contributed by atoms with van der Waals surface area (Å²) in [5.74, 6) is 1.84. The average molecular weight is 413 g/mol. The minimum atomic E-state index is -0.217. The second-order valence-electron chi connectivity index (χ2n) is 6.13. The molecule has 1 aliphatic heterocycles. The number of ether oxygens (including phenoxy) is 3. The molecule has 1 N–H and O–H groups in total. The third-order valence-corrected chi connectivity index (χ3v) is 4.45. The molecule has 1 amide bonds. The average Bonchev–Trinajstić information content (AvgIpc) is 2.98. The van der Waals surface area contributed by atoms with Gasteiger partial charge in [-0.25, -0.2) is 0 Å². The minimum Gasteiger partial charge on any atom is -0.494 e. The van der Waals surface area contributed by atoms with E-state index in [0.717, 1.165) is 11.3 Å². The summed E-state index contributed by atoms with van der Waals surface area (Å²) in [7, 11) is 0. The Labute approximate surface area is 176 Å². The Morgan fingerprint density at radius 2 is 1.59 bits per heavy atom. The Morgan fingerprint density at radius 1 is 0.931 bits per heavy atom. The number of thiocarbonyl (C=S) groups is 1. The van der Waals surface area contributed by atoms with Crippen LogP contribution in [0.4, 0.5) is 5.69 Å². The van der Waals surface area contributed by atoms with Crippen LogP contribution in [0, 0.1) is 0 Å². The third-order valence-electron chi connectivity index (χ3n) is 4.16. The first-order chi connectivity index (χ1) is 14.1. The number of carbonyl (C=O) groups is 1. The second kappa shape index (κ2) is 9.43. The van der Waals surface area contributed by atoms with Crippen LogP contribution in [-0.4, -0.2) is 30.8 Å². The molecule has 0 spiro atoms. The number of hydrogen-bond donors (Lipinski definition) is 1. The van der Waals surface area contributed by atoms with Crippen molar-refractivity contribution in [3.63, 3.8) is 0 Å². The molecule has 0 atom stereocenters. The van der Waals surface area contributed by atoms with E-state index >= 15 is 0 Å². The van der Waals surface area contributed by atoms with Crippen molar-refractivity contribution in [2.75, 3.05) is 24.7 Å². The molecule has 0 aliphatic carbocycles. The number of carbonyl (C=O) groups excluding carboxylic acids is 1. The zero-order chi connectivity index (χ0) is 20.8. The largest absolute Gasteiger partial charge is 0.494 e. The SMILES string of the molecule is CCOc1ccc(N2C(=O)/C(=C\c3ccc(OCC)c(OCC)c3)NC2=S)cc1. The highest BCUT2D eigenvalue weighted by atomic mass is 32.1. The van der Waals surface area contributed by atoms with Crippen molar-refractivity contribution in [2.24, 2.45) is 0 Å². The summed E-state index contributed by atoms with van der Waals surface area (Å²) in [5.41, 5.74) is 1.89. The van der Waals surface area contributed by atoms with Crippen LogP contribution < -0.4 is 24.4 Å². The van der Waals surface area contributed by atoms with Gasteiger partial charge < -0.3 is 19.5 Å². The van der Waals surface area contributed by atoms with Gasteiger partial charge in [-0.3, -0.25) is 9.69 Å². The van der Waals surface area contributed by atoms with Crippen molar-refractivity contribution < 1.29 is 19.0 Å². The number of benzene rings is 2. The molecule has 152 valence electrons. The van der Waals surface area contributed by atoms with Crippen molar-refractivity contribution in [2.45, 2.75) is 20.8 Å². The number of hydrogen-bond acceptors (Lipinski definition) is 5. The summed E-state index contributed by atoms with van der Waals surface area (Å²) in [6, 6.07) is 12.8. The van der Waals surface area contributed by atoms with Crippen LogP contribution in [0.5, 0.6) is 17.2 Å². The summed E-state index contributed by atoms with van der Waals surface area (Å²) in [4.78, 5) is 14.4. The Bertz CT molecular complexity index is 925. The maximum absolute atomic E-state index is 12.9. The molecule has 2 aromatic rings. The molecule has 3 rings (SSSR count). The first-order valence-electron chi connectivity index (χ1n) is 9.57. The minimum absolute atomic E-state index is 0.217. The molecule has 2 aromatic carbocycles. The lowest BCUT2D eigenvalue weighted by Crippen LogP contribution is -2.30. The summed E-state index contributed by atoms with van der Waals surface area (Å²) in [6.07, 6.45) is 1.75. The van der Waals surface area contributed by atoms with E-state index in [4.69, 9.17) is 26.4 Å². The lowest BCUT2D eigenvalue weighted by Gasteiger charge is -2.14. The number of nitrogens with one attached hydrogen (secondary N) is 1. The molecule has 1 aliphatic rings. The van der Waals surface area contributed by atoms with Gasteiger partial charge in [0, 0.05) is 0 Å². The molecule has 1 heterocycles. The zero-order valence-electron chi connectivity index (χ0n) is 16.7. The Kier molecular flexibility index (Phi) is 6.72. The van der Waals surface area contributed by atoms with E-state index in [-0.39, 0.29) is 5.91 Å². The fourth-order valence-corrected chi connectivity index (χ4v) is 3.25. The van der Waals surface area contributed by atoms with Gasteiger partial charge in [0.1, 0.15) is 11.4 Å². The molecule has 0 aromatic heterocycles. The standard InChI is InChI=1S/C22H24N2O4S/c1-4-26-17-10-8-16(9-11-17)24-21(25)18(23-22(24)29)13-15-7-12-19(27-5-2)20(14-15)28-6-3/h7-14H,4-6H2,1-3H3,(H,23,29)/b18-13+. The third kappa shape index (κ3) is 4.68. The Hall–Kier alpha value is -3.06. The lowest BCUT2D eigenvalue weighted by atomic mass is 10.1. The fourth-order valence-electron chi connectivity index (χ4n) is 2.95. The van der Waals surface area contributed by atoms with E-state index < -0.39 is 0 Å². The summed E-state index contributed by atoms with van der Waals surface area (Å²) in [6.45, 7) is 7.41. The van der Waals surface area contributed by atoms with Crippen LogP contribution in [0.2, 0.25) is 0 Å². The molecule has 0 radical (unpaired) electrons. The van der Waals surface area contributed by atoms with E-state index in [1.807, 2.05) is 63.2 Å². The maximum atomic E-state index is 12.9. The smallest absolute Gasteiger partial charge is 0.281 e. The monoisotopic (exact) mass is 412 g/mol. The van der Waals surface area contributed by atoms with Crippen LogP contribution in [0.1, 0.15) is 26.3 Å². The van der Waals surface area contributed by atoms with Gasteiger partial charge in [0.05, 0.1) is 25.5 Å². The van der Waals surface area contributed by atoms with Gasteiger partial charge >= 0.3 is 0 Å². The number of rotatable bonds is 8. The molecule has 1 fully saturated rings. The van der Waals surface area contributed by atoms with E-state index in [2.05, 4.69) is 5.32 Å². The van der Waals surface area contributed by atoms with Crippen molar-refractivity contribution in [3.05, 3.63) is 53.7 Å². The molecule has 0 unspecified atom stereocenters. The van der Waals surface area contributed by atoms with E-state index in [0.29, 0.717) is 47.8 Å². The summed E-state index contributed by atoms with van der Waals surface area (Å²) >= 11 is 5.38. The number of anilines is 1. The van der Waals surface area contributed by atoms with Gasteiger partial charge in [0.15, 0.2) is 16.6 Å². The van der Waals surface area contributed by atoms with Crippen LogP contribution in [0.25, 0.3) is 6.08 Å². The Balaban J connectivity index is 1.85. The van der Waals surface area contributed by atoms with Gasteiger partial charge in [-0.1, -0.05) is 6.07 Å². The normalized spacial score (nSPS) is 14.9. The summed E-state index contributed by atoms with van der Waals surface area (Å²) < 4.78 is 16.7.